The van der Waals surface area contributed by atoms with Crippen molar-refractivity contribution in [1.82, 2.24) is 9.47 Å². The summed E-state index contributed by atoms with van der Waals surface area (Å²) in [6, 6.07) is 6.61. The Morgan fingerprint density at radius 2 is 1.97 bits per heavy atom. The van der Waals surface area contributed by atoms with Gasteiger partial charge >= 0.3 is 5.97 Å². The molecule has 0 radical (unpaired) electrons. The van der Waals surface area contributed by atoms with E-state index in [4.69, 9.17) is 11.6 Å². The van der Waals surface area contributed by atoms with Gasteiger partial charge < -0.3 is 9.30 Å². The molecule has 1 aromatic carbocycles. The Morgan fingerprint density at radius 3 is 2.59 bits per heavy atom. The maximum Gasteiger partial charge on any atom is 0.328 e. The van der Waals surface area contributed by atoms with Crippen LogP contribution in [-0.2, 0) is 14.3 Å². The molecular formula is C20H18BrClN2O4S. The number of thioether (sulfide) groups is 1. The van der Waals surface area contributed by atoms with Crippen LogP contribution in [-0.4, -0.2) is 39.7 Å². The molecule has 1 saturated heterocycles. The van der Waals surface area contributed by atoms with Crippen LogP contribution in [0.1, 0.15) is 23.9 Å². The first-order valence-corrected chi connectivity index (χ1v) is 10.6. The summed E-state index contributed by atoms with van der Waals surface area (Å²) in [7, 11) is 1.22. The molecule has 29 heavy (non-hydrogen) atoms. The summed E-state index contributed by atoms with van der Waals surface area (Å²) in [5, 5.41) is 0.0992. The van der Waals surface area contributed by atoms with Gasteiger partial charge in [0.05, 0.1) is 17.0 Å². The summed E-state index contributed by atoms with van der Waals surface area (Å²) in [6.45, 7) is 5.34. The van der Waals surface area contributed by atoms with E-state index in [2.05, 4.69) is 20.7 Å². The van der Waals surface area contributed by atoms with Crippen molar-refractivity contribution in [1.29, 1.82) is 0 Å². The molecule has 152 valence electrons. The molecule has 2 heterocycles. The number of methoxy groups -OCH3 is 1. The zero-order chi connectivity index (χ0) is 21.5. The summed E-state index contributed by atoms with van der Waals surface area (Å²) in [5.74, 6) is -1.15. The number of benzene rings is 1. The maximum atomic E-state index is 12.7. The fourth-order valence-corrected chi connectivity index (χ4v) is 4.51. The minimum atomic E-state index is -0.976. The number of imide groups is 1. The van der Waals surface area contributed by atoms with Crippen LogP contribution >= 0.6 is 39.3 Å². The Bertz CT molecular complexity index is 1060. The predicted molar refractivity (Wildman–Crippen MR) is 117 cm³/mol. The Hall–Kier alpha value is -2.03. The maximum absolute atomic E-state index is 12.7. The van der Waals surface area contributed by atoms with Crippen LogP contribution in [0.3, 0.4) is 0 Å². The van der Waals surface area contributed by atoms with Crippen LogP contribution in [0.25, 0.3) is 11.8 Å². The van der Waals surface area contributed by atoms with Crippen LogP contribution in [0.4, 0.5) is 4.79 Å². The first-order valence-electron chi connectivity index (χ1n) is 8.65. The lowest BCUT2D eigenvalue weighted by atomic mass is 10.2. The Labute approximate surface area is 186 Å². The number of amides is 2. The molecule has 0 unspecified atom stereocenters. The predicted octanol–water partition coefficient (Wildman–Crippen LogP) is 5.11. The second-order valence-electron chi connectivity index (χ2n) is 6.51. The van der Waals surface area contributed by atoms with Crippen molar-refractivity contribution in [3.8, 4) is 5.69 Å². The zero-order valence-electron chi connectivity index (χ0n) is 16.2. The van der Waals surface area contributed by atoms with Crippen LogP contribution in [0.5, 0.6) is 0 Å². The van der Waals surface area contributed by atoms with E-state index >= 15 is 0 Å². The average Bonchev–Trinajstić information content (AvgIpc) is 3.11. The van der Waals surface area contributed by atoms with E-state index in [-0.39, 0.29) is 4.91 Å². The topological polar surface area (TPSA) is 68.6 Å². The number of nitrogens with zero attached hydrogens (tertiary/aromatic N) is 2. The number of halogens is 2. The molecule has 1 aliphatic rings. The van der Waals surface area contributed by atoms with Crippen LogP contribution in [0, 0.1) is 13.8 Å². The molecule has 1 aromatic heterocycles. The highest BCUT2D eigenvalue weighted by Gasteiger charge is 2.41. The molecule has 0 saturated carbocycles. The quantitative estimate of drug-likeness (QED) is 0.434. The zero-order valence-corrected chi connectivity index (χ0v) is 19.3. The van der Waals surface area contributed by atoms with Crippen molar-refractivity contribution < 1.29 is 19.1 Å². The smallest absolute Gasteiger partial charge is 0.328 e. The minimum Gasteiger partial charge on any atom is -0.467 e. The van der Waals surface area contributed by atoms with Gasteiger partial charge in [0.15, 0.2) is 0 Å². The van der Waals surface area contributed by atoms with Gasteiger partial charge in [-0.25, -0.2) is 4.79 Å². The molecule has 2 amide bonds. The second kappa shape index (κ2) is 8.38. The van der Waals surface area contributed by atoms with Gasteiger partial charge in [-0.2, -0.15) is 0 Å². The Kier molecular flexibility index (Phi) is 6.26. The molecule has 0 spiro atoms. The van der Waals surface area contributed by atoms with Gasteiger partial charge in [-0.15, -0.1) is 0 Å². The van der Waals surface area contributed by atoms with E-state index in [1.165, 1.54) is 14.0 Å². The highest BCUT2D eigenvalue weighted by molar-refractivity contribution is 9.10. The van der Waals surface area contributed by atoms with Crippen LogP contribution in [0.2, 0.25) is 5.02 Å². The van der Waals surface area contributed by atoms with E-state index in [1.54, 1.807) is 6.08 Å². The largest absolute Gasteiger partial charge is 0.467 e. The number of hydrogen-bond donors (Lipinski definition) is 0. The Balaban J connectivity index is 1.98. The minimum absolute atomic E-state index is 0.264. The lowest BCUT2D eigenvalue weighted by molar-refractivity contribution is -0.148. The fourth-order valence-electron chi connectivity index (χ4n) is 3.19. The highest BCUT2D eigenvalue weighted by atomic mass is 79.9. The third-order valence-electron chi connectivity index (χ3n) is 4.67. The normalized spacial score (nSPS) is 16.6. The number of carbonyl (C=O) groups excluding carboxylic acids is 3. The lowest BCUT2D eigenvalue weighted by Gasteiger charge is -2.18. The van der Waals surface area contributed by atoms with Gasteiger partial charge in [0.25, 0.3) is 11.1 Å². The number of rotatable bonds is 4. The van der Waals surface area contributed by atoms with Gasteiger partial charge in [-0.05, 0) is 84.4 Å². The number of ether oxygens (including phenoxy) is 1. The van der Waals surface area contributed by atoms with Gasteiger partial charge in [0.2, 0.25) is 0 Å². The number of carbonyl (C=O) groups is 3. The van der Waals surface area contributed by atoms with Gasteiger partial charge in [0, 0.05) is 21.5 Å². The summed E-state index contributed by atoms with van der Waals surface area (Å²) in [4.78, 5) is 37.9. The number of aryl methyl sites for hydroxylation is 1. The average molecular weight is 498 g/mol. The molecule has 2 aromatic rings. The van der Waals surface area contributed by atoms with Crippen LogP contribution < -0.4 is 0 Å². The monoisotopic (exact) mass is 496 g/mol. The lowest BCUT2D eigenvalue weighted by Crippen LogP contribution is -2.42. The Morgan fingerprint density at radius 1 is 1.28 bits per heavy atom. The number of esters is 1. The van der Waals surface area contributed by atoms with E-state index < -0.39 is 23.2 Å². The van der Waals surface area contributed by atoms with Crippen molar-refractivity contribution in [3.63, 3.8) is 0 Å². The molecule has 0 aliphatic carbocycles. The molecule has 1 aliphatic heterocycles. The van der Waals surface area contributed by atoms with Crippen molar-refractivity contribution in [2.45, 2.75) is 26.8 Å². The van der Waals surface area contributed by atoms with Crippen LogP contribution in [0.15, 0.2) is 33.6 Å². The van der Waals surface area contributed by atoms with E-state index in [0.29, 0.717) is 5.02 Å². The van der Waals surface area contributed by atoms with Crippen molar-refractivity contribution >= 4 is 62.5 Å². The first kappa shape index (κ1) is 21.7. The first-order chi connectivity index (χ1) is 13.6. The number of aromatic nitrogens is 1. The van der Waals surface area contributed by atoms with Crippen molar-refractivity contribution in [3.05, 3.63) is 55.6 Å². The van der Waals surface area contributed by atoms with E-state index in [1.807, 2.05) is 42.7 Å². The number of hydrogen-bond acceptors (Lipinski definition) is 5. The molecule has 9 heteroatoms. The van der Waals surface area contributed by atoms with Gasteiger partial charge in [0.1, 0.15) is 6.04 Å². The standard InChI is InChI=1S/C20H18BrClN2O4S/c1-10-7-13(11(2)23(10)14-5-6-15(21)16(22)9-14)8-17-18(25)24(20(27)29-17)12(3)19(26)28-4/h5-9,12H,1-4H3/b17-8+/t12-/m1/s1. The summed E-state index contributed by atoms with van der Waals surface area (Å²) < 4.78 is 7.47. The third kappa shape index (κ3) is 4.01. The molecule has 1 atom stereocenters. The van der Waals surface area contributed by atoms with Gasteiger partial charge in [-0.3, -0.25) is 14.5 Å². The third-order valence-corrected chi connectivity index (χ3v) is 6.79. The molecule has 0 N–H and O–H groups in total. The highest BCUT2D eigenvalue weighted by Crippen LogP contribution is 2.35. The molecule has 6 nitrogen and oxygen atoms in total. The van der Waals surface area contributed by atoms with Crippen molar-refractivity contribution in [2.24, 2.45) is 0 Å². The molecule has 1 fully saturated rings. The molecule has 3 rings (SSSR count). The SMILES string of the molecule is COC(=O)[C@@H](C)N1C(=O)S/C(=C/c2cc(C)n(-c3ccc(Br)c(Cl)c3)c2C)C1=O. The summed E-state index contributed by atoms with van der Waals surface area (Å²) >= 11 is 10.4. The molecule has 0 bridgehead atoms. The van der Waals surface area contributed by atoms with E-state index in [0.717, 1.165) is 43.8 Å². The van der Waals surface area contributed by atoms with Crippen molar-refractivity contribution in [2.75, 3.05) is 7.11 Å². The fraction of sp³-hybridized carbons (Fsp3) is 0.250. The summed E-state index contributed by atoms with van der Waals surface area (Å²) in [5.41, 5.74) is 3.54. The second-order valence-corrected chi connectivity index (χ2v) is 8.77. The van der Waals surface area contributed by atoms with Gasteiger partial charge in [-0.1, -0.05) is 11.6 Å². The molecular weight excluding hydrogens is 480 g/mol. The van der Waals surface area contributed by atoms with E-state index in [9.17, 15) is 14.4 Å². The summed E-state index contributed by atoms with van der Waals surface area (Å²) in [6.07, 6.45) is 1.67.